The molecule has 0 unspecified atom stereocenters. The smallest absolute Gasteiger partial charge is 0.414 e. The van der Waals surface area contributed by atoms with Gasteiger partial charge < -0.3 is 9.84 Å². The van der Waals surface area contributed by atoms with E-state index in [9.17, 15) is 9.90 Å². The maximum Gasteiger partial charge on any atom is 0.414 e. The van der Waals surface area contributed by atoms with Gasteiger partial charge in [0, 0.05) is 12.1 Å². The lowest BCUT2D eigenvalue weighted by atomic mass is 9.94. The van der Waals surface area contributed by atoms with Gasteiger partial charge in [-0.3, -0.25) is 4.90 Å². The number of hydrogen-bond acceptors (Lipinski definition) is 3. The van der Waals surface area contributed by atoms with E-state index in [0.717, 1.165) is 30.4 Å². The van der Waals surface area contributed by atoms with Crippen LogP contribution in [0.25, 0.3) is 0 Å². The lowest BCUT2D eigenvalue weighted by Crippen LogP contribution is -2.33. The molecule has 0 bridgehead atoms. The van der Waals surface area contributed by atoms with Crippen LogP contribution in [0, 0.1) is 6.92 Å². The van der Waals surface area contributed by atoms with Gasteiger partial charge in [0.1, 0.15) is 5.75 Å². The molecule has 0 aliphatic heterocycles. The summed E-state index contributed by atoms with van der Waals surface area (Å²) in [5, 5.41) is 11.0. The molecular formula is C20H28ClNO3. The van der Waals surface area contributed by atoms with Gasteiger partial charge in [0.05, 0.1) is 17.8 Å². The largest absolute Gasteiger partial charge is 0.506 e. The summed E-state index contributed by atoms with van der Waals surface area (Å²) in [7, 11) is 1.35. The van der Waals surface area contributed by atoms with E-state index in [0.29, 0.717) is 35.7 Å². The van der Waals surface area contributed by atoms with Crippen LogP contribution in [0.15, 0.2) is 25.3 Å². The summed E-state index contributed by atoms with van der Waals surface area (Å²) in [4.78, 5) is 13.9. The molecule has 0 aromatic heterocycles. The number of aromatic hydroxyl groups is 1. The molecule has 0 radical (unpaired) electrons. The van der Waals surface area contributed by atoms with Crippen molar-refractivity contribution in [1.82, 2.24) is 0 Å². The summed E-state index contributed by atoms with van der Waals surface area (Å²) in [6.07, 6.45) is 6.66. The average Bonchev–Trinajstić information content (AvgIpc) is 2.61. The SMILES string of the molecule is C=CCCN(C(=O)OC)c1c(C)c(CCCC)c(Cl)c(O)c1CC=C. The van der Waals surface area contributed by atoms with E-state index in [-0.39, 0.29) is 5.75 Å². The van der Waals surface area contributed by atoms with Crippen molar-refractivity contribution in [2.75, 3.05) is 18.6 Å². The van der Waals surface area contributed by atoms with E-state index in [1.165, 1.54) is 7.11 Å². The number of rotatable bonds is 9. The molecule has 0 fully saturated rings. The molecule has 1 rings (SSSR count). The van der Waals surface area contributed by atoms with Crippen LogP contribution < -0.4 is 4.90 Å². The highest BCUT2D eigenvalue weighted by molar-refractivity contribution is 6.33. The van der Waals surface area contributed by atoms with Gasteiger partial charge in [-0.25, -0.2) is 4.79 Å². The molecule has 0 saturated heterocycles. The Morgan fingerprint density at radius 3 is 2.52 bits per heavy atom. The summed E-state index contributed by atoms with van der Waals surface area (Å²) in [5.74, 6) is 0.0146. The normalized spacial score (nSPS) is 10.4. The number of carbonyl (C=O) groups is 1. The monoisotopic (exact) mass is 365 g/mol. The van der Waals surface area contributed by atoms with Crippen LogP contribution >= 0.6 is 11.6 Å². The third-order valence-corrected chi connectivity index (χ3v) is 4.61. The molecule has 0 spiro atoms. The Kier molecular flexibility index (Phi) is 8.56. The number of allylic oxidation sites excluding steroid dienone is 1. The number of anilines is 1. The van der Waals surface area contributed by atoms with Crippen LogP contribution in [0.3, 0.4) is 0 Å². The number of benzene rings is 1. The van der Waals surface area contributed by atoms with Crippen molar-refractivity contribution < 1.29 is 14.6 Å². The maximum absolute atomic E-state index is 12.4. The van der Waals surface area contributed by atoms with Gasteiger partial charge in [0.2, 0.25) is 0 Å². The second-order valence-corrected chi connectivity index (χ2v) is 6.27. The van der Waals surface area contributed by atoms with Gasteiger partial charge in [-0.1, -0.05) is 37.1 Å². The molecule has 1 aromatic carbocycles. The first kappa shape index (κ1) is 21.1. The minimum absolute atomic E-state index is 0.0146. The fourth-order valence-corrected chi connectivity index (χ4v) is 3.25. The highest BCUT2D eigenvalue weighted by atomic mass is 35.5. The Hall–Kier alpha value is -1.94. The number of nitrogens with zero attached hydrogens (tertiary/aromatic N) is 1. The molecule has 1 aromatic rings. The summed E-state index contributed by atoms with van der Waals surface area (Å²) < 4.78 is 4.96. The van der Waals surface area contributed by atoms with Crippen LogP contribution in [0.2, 0.25) is 5.02 Å². The number of ether oxygens (including phenoxy) is 1. The van der Waals surface area contributed by atoms with Crippen molar-refractivity contribution in [3.8, 4) is 5.75 Å². The van der Waals surface area contributed by atoms with Crippen molar-refractivity contribution in [3.63, 3.8) is 0 Å². The fraction of sp³-hybridized carbons (Fsp3) is 0.450. The molecule has 1 amide bonds. The number of hydrogen-bond donors (Lipinski definition) is 1. The Morgan fingerprint density at radius 2 is 2.00 bits per heavy atom. The predicted octanol–water partition coefficient (Wildman–Crippen LogP) is 5.57. The number of carbonyl (C=O) groups excluding carboxylic acids is 1. The van der Waals surface area contributed by atoms with E-state index in [4.69, 9.17) is 16.3 Å². The second-order valence-electron chi connectivity index (χ2n) is 5.89. The molecule has 4 nitrogen and oxygen atoms in total. The molecule has 1 N–H and O–H groups in total. The highest BCUT2D eigenvalue weighted by Gasteiger charge is 2.27. The maximum atomic E-state index is 12.4. The number of unbranched alkanes of at least 4 members (excludes halogenated alkanes) is 1. The van der Waals surface area contributed by atoms with E-state index in [1.54, 1.807) is 17.1 Å². The molecule has 25 heavy (non-hydrogen) atoms. The third-order valence-electron chi connectivity index (χ3n) is 4.20. The van der Waals surface area contributed by atoms with E-state index >= 15 is 0 Å². The average molecular weight is 366 g/mol. The van der Waals surface area contributed by atoms with Gasteiger partial charge in [-0.15, -0.1) is 13.2 Å². The predicted molar refractivity (Wildman–Crippen MR) is 105 cm³/mol. The fourth-order valence-electron chi connectivity index (χ4n) is 2.90. The van der Waals surface area contributed by atoms with E-state index in [1.807, 2.05) is 6.92 Å². The molecule has 5 heteroatoms. The number of amides is 1. The zero-order valence-corrected chi connectivity index (χ0v) is 16.2. The van der Waals surface area contributed by atoms with Crippen molar-refractivity contribution >= 4 is 23.4 Å². The third kappa shape index (κ3) is 4.79. The van der Waals surface area contributed by atoms with E-state index in [2.05, 4.69) is 20.1 Å². The number of phenolic OH excluding ortho intramolecular Hbond substituents is 1. The van der Waals surface area contributed by atoms with Crippen molar-refractivity contribution in [2.24, 2.45) is 0 Å². The molecule has 0 heterocycles. The molecule has 138 valence electrons. The summed E-state index contributed by atoms with van der Waals surface area (Å²) in [5.41, 5.74) is 3.01. The first-order valence-electron chi connectivity index (χ1n) is 8.54. The van der Waals surface area contributed by atoms with E-state index < -0.39 is 6.09 Å². The molecular weight excluding hydrogens is 338 g/mol. The molecule has 0 saturated carbocycles. The van der Waals surface area contributed by atoms with Crippen LogP contribution in [0.1, 0.15) is 42.9 Å². The lowest BCUT2D eigenvalue weighted by molar-refractivity contribution is 0.178. The lowest BCUT2D eigenvalue weighted by Gasteiger charge is -2.28. The van der Waals surface area contributed by atoms with Gasteiger partial charge >= 0.3 is 6.09 Å². The highest BCUT2D eigenvalue weighted by Crippen LogP contribution is 2.43. The van der Waals surface area contributed by atoms with Gasteiger partial charge in [-0.2, -0.15) is 0 Å². The van der Waals surface area contributed by atoms with Crippen LogP contribution in [-0.2, 0) is 17.6 Å². The van der Waals surface area contributed by atoms with Gasteiger partial charge in [0.15, 0.2) is 0 Å². The summed E-state index contributed by atoms with van der Waals surface area (Å²) in [6.45, 7) is 11.9. The zero-order valence-electron chi connectivity index (χ0n) is 15.4. The summed E-state index contributed by atoms with van der Waals surface area (Å²) in [6, 6.07) is 0. The Labute approximate surface area is 155 Å². The van der Waals surface area contributed by atoms with Gasteiger partial charge in [-0.05, 0) is 43.7 Å². The standard InChI is InChI=1S/C20H28ClNO3/c1-6-9-12-15-14(4)18(16(11-8-3)19(23)17(15)21)22(13-10-7-2)20(24)25-5/h7-8,23H,2-3,6,9-13H2,1,4-5H3. The van der Waals surface area contributed by atoms with Gasteiger partial charge in [0.25, 0.3) is 0 Å². The molecule has 0 aliphatic carbocycles. The number of halogens is 1. The van der Waals surface area contributed by atoms with Crippen LogP contribution in [-0.4, -0.2) is 24.9 Å². The Balaban J connectivity index is 3.65. The topological polar surface area (TPSA) is 49.8 Å². The Bertz CT molecular complexity index is 641. The minimum Gasteiger partial charge on any atom is -0.506 e. The number of phenols is 1. The second kappa shape index (κ2) is 10.1. The van der Waals surface area contributed by atoms with Crippen LogP contribution in [0.5, 0.6) is 5.75 Å². The first-order chi connectivity index (χ1) is 11.9. The first-order valence-corrected chi connectivity index (χ1v) is 8.92. The van der Waals surface area contributed by atoms with Crippen molar-refractivity contribution in [3.05, 3.63) is 47.0 Å². The van der Waals surface area contributed by atoms with Crippen molar-refractivity contribution in [2.45, 2.75) is 46.0 Å². The molecule has 0 aliphatic rings. The van der Waals surface area contributed by atoms with Crippen LogP contribution in [0.4, 0.5) is 10.5 Å². The number of methoxy groups -OCH3 is 1. The quantitative estimate of drug-likeness (QED) is 0.581. The van der Waals surface area contributed by atoms with Crippen molar-refractivity contribution in [1.29, 1.82) is 0 Å². The Morgan fingerprint density at radius 1 is 1.32 bits per heavy atom. The molecule has 0 atom stereocenters. The summed E-state index contributed by atoms with van der Waals surface area (Å²) >= 11 is 6.43. The minimum atomic E-state index is -0.474. The zero-order chi connectivity index (χ0) is 19.0.